The van der Waals surface area contributed by atoms with Gasteiger partial charge in [0.15, 0.2) is 9.84 Å². The second-order valence-corrected chi connectivity index (χ2v) is 7.26. The number of carbonyl (C=O) groups is 2. The Kier molecular flexibility index (Phi) is 5.85. The van der Waals surface area contributed by atoms with E-state index in [-0.39, 0.29) is 10.0 Å². The van der Waals surface area contributed by atoms with Gasteiger partial charge in [0.2, 0.25) is 5.91 Å². The van der Waals surface area contributed by atoms with Gasteiger partial charge < -0.3 is 10.4 Å². The minimum Gasteiger partial charge on any atom is -0.480 e. The van der Waals surface area contributed by atoms with Gasteiger partial charge in [0.1, 0.15) is 11.9 Å². The molecule has 0 aliphatic heterocycles. The van der Waals surface area contributed by atoms with Crippen LogP contribution >= 0.6 is 15.9 Å². The van der Waals surface area contributed by atoms with Crippen molar-refractivity contribution in [1.29, 1.82) is 0 Å². The zero-order valence-corrected chi connectivity index (χ0v) is 13.4. The summed E-state index contributed by atoms with van der Waals surface area (Å²) in [5.74, 6) is -4.02. The average molecular weight is 382 g/mol. The Balaban J connectivity index is 2.93. The summed E-state index contributed by atoms with van der Waals surface area (Å²) in [6, 6.07) is 2.39. The van der Waals surface area contributed by atoms with E-state index >= 15 is 0 Å². The maximum atomic E-state index is 13.3. The molecular formula is C12H13BrFNO5S. The molecule has 0 saturated carbocycles. The summed E-state index contributed by atoms with van der Waals surface area (Å²) in [5, 5.41) is 10.9. The largest absolute Gasteiger partial charge is 0.480 e. The van der Waals surface area contributed by atoms with Crippen LogP contribution in [-0.4, -0.2) is 37.2 Å². The Labute approximate surface area is 129 Å². The van der Waals surface area contributed by atoms with Crippen molar-refractivity contribution in [3.63, 3.8) is 0 Å². The number of carboxylic acids is 1. The molecule has 0 aliphatic rings. The van der Waals surface area contributed by atoms with Gasteiger partial charge in [-0.2, -0.15) is 0 Å². The fourth-order valence-electron chi connectivity index (χ4n) is 1.63. The fourth-order valence-corrected chi connectivity index (χ4v) is 3.79. The first-order valence-electron chi connectivity index (χ1n) is 5.75. The lowest BCUT2D eigenvalue weighted by molar-refractivity contribution is -0.140. The molecule has 0 spiro atoms. The van der Waals surface area contributed by atoms with Crippen LogP contribution in [0, 0.1) is 5.82 Å². The Morgan fingerprint density at radius 3 is 2.57 bits per heavy atom. The number of hydrogen-bond donors (Lipinski definition) is 2. The molecular weight excluding hydrogens is 369 g/mol. The summed E-state index contributed by atoms with van der Waals surface area (Å²) in [6.45, 7) is 1.09. The van der Waals surface area contributed by atoms with Crippen molar-refractivity contribution >= 4 is 37.6 Å². The van der Waals surface area contributed by atoms with Crippen molar-refractivity contribution in [3.8, 4) is 0 Å². The lowest BCUT2D eigenvalue weighted by atomic mass is 10.2. The second kappa shape index (κ2) is 6.99. The fraction of sp³-hybridized carbons (Fsp3) is 0.333. The van der Waals surface area contributed by atoms with Gasteiger partial charge in [-0.1, -0.05) is 12.1 Å². The van der Waals surface area contributed by atoms with Crippen LogP contribution in [0.4, 0.5) is 4.39 Å². The summed E-state index contributed by atoms with van der Waals surface area (Å²) in [7, 11) is -3.86. The lowest BCUT2D eigenvalue weighted by Crippen LogP contribution is -2.44. The van der Waals surface area contributed by atoms with Gasteiger partial charge in [0.05, 0.1) is 16.0 Å². The number of carbonyl (C=O) groups excluding carboxylic acids is 1. The van der Waals surface area contributed by atoms with Crippen molar-refractivity contribution < 1.29 is 27.5 Å². The quantitative estimate of drug-likeness (QED) is 0.767. The van der Waals surface area contributed by atoms with E-state index < -0.39 is 45.1 Å². The number of amides is 1. The zero-order valence-electron chi connectivity index (χ0n) is 11.0. The van der Waals surface area contributed by atoms with Gasteiger partial charge in [-0.25, -0.2) is 17.6 Å². The molecule has 116 valence electrons. The average Bonchev–Trinajstić information content (AvgIpc) is 2.33. The first-order chi connectivity index (χ1) is 9.62. The third kappa shape index (κ3) is 5.43. The first-order valence-corrected chi connectivity index (χ1v) is 8.37. The molecule has 1 amide bonds. The standard InChI is InChI=1S/C12H13BrFNO5S/c1-7(16)15-10(12(17)18)6-21(19,20)5-8-3-2-4-9(14)11(8)13/h2-4,10H,5-6H2,1H3,(H,15,16)(H,17,18)/t10-/m0/s1. The summed E-state index contributed by atoms with van der Waals surface area (Å²) in [6.07, 6.45) is 0. The van der Waals surface area contributed by atoms with Gasteiger partial charge in [0, 0.05) is 6.92 Å². The molecule has 0 aliphatic carbocycles. The third-order valence-electron chi connectivity index (χ3n) is 2.50. The molecule has 0 fully saturated rings. The molecule has 21 heavy (non-hydrogen) atoms. The van der Waals surface area contributed by atoms with E-state index in [1.165, 1.54) is 12.1 Å². The van der Waals surface area contributed by atoms with Crippen molar-refractivity contribution in [2.24, 2.45) is 0 Å². The minimum atomic E-state index is -3.86. The van der Waals surface area contributed by atoms with Gasteiger partial charge >= 0.3 is 5.97 Å². The molecule has 0 saturated heterocycles. The lowest BCUT2D eigenvalue weighted by Gasteiger charge is -2.14. The molecule has 6 nitrogen and oxygen atoms in total. The highest BCUT2D eigenvalue weighted by Gasteiger charge is 2.26. The van der Waals surface area contributed by atoms with Crippen LogP contribution in [0.15, 0.2) is 22.7 Å². The van der Waals surface area contributed by atoms with Crippen LogP contribution in [0.2, 0.25) is 0 Å². The van der Waals surface area contributed by atoms with E-state index in [4.69, 9.17) is 5.11 Å². The number of rotatable bonds is 6. The van der Waals surface area contributed by atoms with Gasteiger partial charge in [-0.05, 0) is 27.6 Å². The monoisotopic (exact) mass is 381 g/mol. The summed E-state index contributed by atoms with van der Waals surface area (Å²) < 4.78 is 37.3. The van der Waals surface area contributed by atoms with Crippen LogP contribution in [-0.2, 0) is 25.2 Å². The van der Waals surface area contributed by atoms with E-state index in [1.807, 2.05) is 5.32 Å². The number of carboxylic acid groups (broad SMARTS) is 1. The van der Waals surface area contributed by atoms with Crippen LogP contribution in [0.5, 0.6) is 0 Å². The van der Waals surface area contributed by atoms with E-state index in [1.54, 1.807) is 0 Å². The van der Waals surface area contributed by atoms with E-state index in [9.17, 15) is 22.4 Å². The topological polar surface area (TPSA) is 101 Å². The highest BCUT2D eigenvalue weighted by atomic mass is 79.9. The van der Waals surface area contributed by atoms with Gasteiger partial charge in [-0.15, -0.1) is 0 Å². The van der Waals surface area contributed by atoms with Crippen molar-refractivity contribution in [1.82, 2.24) is 5.32 Å². The Morgan fingerprint density at radius 2 is 2.05 bits per heavy atom. The maximum absolute atomic E-state index is 13.3. The normalized spacial score (nSPS) is 12.7. The van der Waals surface area contributed by atoms with E-state index in [0.717, 1.165) is 13.0 Å². The Bertz CT molecular complexity index is 662. The van der Waals surface area contributed by atoms with Crippen molar-refractivity contribution in [3.05, 3.63) is 34.1 Å². The summed E-state index contributed by atoms with van der Waals surface area (Å²) in [4.78, 5) is 21.8. The second-order valence-electron chi connectivity index (χ2n) is 4.36. The summed E-state index contributed by atoms with van der Waals surface area (Å²) in [5.41, 5.74) is 0.182. The number of benzene rings is 1. The molecule has 1 aromatic carbocycles. The molecule has 0 radical (unpaired) electrons. The molecule has 1 aromatic rings. The van der Waals surface area contributed by atoms with E-state index in [0.29, 0.717) is 0 Å². The predicted octanol–water partition coefficient (Wildman–Crippen LogP) is 1.09. The molecule has 2 N–H and O–H groups in total. The highest BCUT2D eigenvalue weighted by molar-refractivity contribution is 9.10. The molecule has 1 atom stereocenters. The number of sulfone groups is 1. The number of aliphatic carboxylic acids is 1. The third-order valence-corrected chi connectivity index (χ3v) is 4.98. The molecule has 0 heterocycles. The maximum Gasteiger partial charge on any atom is 0.327 e. The summed E-state index contributed by atoms with van der Waals surface area (Å²) >= 11 is 2.94. The SMILES string of the molecule is CC(=O)N[C@@H](CS(=O)(=O)Cc1cccc(F)c1Br)C(=O)O. The molecule has 0 aromatic heterocycles. The zero-order chi connectivity index (χ0) is 16.2. The molecule has 1 rings (SSSR count). The van der Waals surface area contributed by atoms with Crippen LogP contribution in [0.25, 0.3) is 0 Å². The van der Waals surface area contributed by atoms with Gasteiger partial charge in [0.25, 0.3) is 0 Å². The highest BCUT2D eigenvalue weighted by Crippen LogP contribution is 2.22. The molecule has 9 heteroatoms. The van der Waals surface area contributed by atoms with Crippen molar-refractivity contribution in [2.75, 3.05) is 5.75 Å². The number of halogens is 2. The number of nitrogens with one attached hydrogen (secondary N) is 1. The number of hydrogen-bond acceptors (Lipinski definition) is 4. The van der Waals surface area contributed by atoms with Gasteiger partial charge in [-0.3, -0.25) is 4.79 Å². The Morgan fingerprint density at radius 1 is 1.43 bits per heavy atom. The van der Waals surface area contributed by atoms with Crippen LogP contribution in [0.3, 0.4) is 0 Å². The smallest absolute Gasteiger partial charge is 0.327 e. The van der Waals surface area contributed by atoms with Crippen LogP contribution < -0.4 is 5.32 Å². The molecule has 0 bridgehead atoms. The van der Waals surface area contributed by atoms with E-state index in [2.05, 4.69) is 15.9 Å². The Hall–Kier alpha value is -1.48. The first kappa shape index (κ1) is 17.6. The predicted molar refractivity (Wildman–Crippen MR) is 76.8 cm³/mol. The molecule has 0 unspecified atom stereocenters. The minimum absolute atomic E-state index is 0.0139. The van der Waals surface area contributed by atoms with Crippen LogP contribution in [0.1, 0.15) is 12.5 Å². The van der Waals surface area contributed by atoms with Crippen molar-refractivity contribution in [2.45, 2.75) is 18.7 Å².